The molecule has 0 saturated carbocycles. The second-order valence-corrected chi connectivity index (χ2v) is 5.53. The Morgan fingerprint density at radius 2 is 2.37 bits per heavy atom. The highest BCUT2D eigenvalue weighted by atomic mass is 32.1. The van der Waals surface area contributed by atoms with Crippen molar-refractivity contribution in [2.45, 2.75) is 33.0 Å². The average Bonchev–Trinajstić information content (AvgIpc) is 2.97. The molecule has 0 atom stereocenters. The maximum absolute atomic E-state index is 12.3. The van der Waals surface area contributed by atoms with E-state index in [4.69, 9.17) is 5.73 Å². The summed E-state index contributed by atoms with van der Waals surface area (Å²) in [5, 5.41) is 5.94. The van der Waals surface area contributed by atoms with E-state index in [1.54, 1.807) is 11.3 Å². The third kappa shape index (κ3) is 3.54. The molecule has 0 spiro atoms. The lowest BCUT2D eigenvalue weighted by molar-refractivity contribution is -0.134. The van der Waals surface area contributed by atoms with Gasteiger partial charge in [-0.25, -0.2) is 9.67 Å². The topological polar surface area (TPSA) is 77.0 Å². The molecule has 2 N–H and O–H groups in total. The van der Waals surface area contributed by atoms with Crippen LogP contribution in [-0.2, 0) is 17.9 Å². The predicted molar refractivity (Wildman–Crippen MR) is 74.4 cm³/mol. The van der Waals surface area contributed by atoms with Gasteiger partial charge in [0.15, 0.2) is 0 Å². The first-order valence-electron chi connectivity index (χ1n) is 6.03. The Hall–Kier alpha value is -1.89. The number of aromatic nitrogens is 3. The standard InChI is InChI=1S/C12H17N5OS/c1-9(2)17(6-10-4-3-5-19-10)11(18)7-16-8-14-12(13)15-16/h3-5,8-9H,6-7H2,1-2H3,(H2,13,15). The fourth-order valence-electron chi connectivity index (χ4n) is 1.74. The lowest BCUT2D eigenvalue weighted by Crippen LogP contribution is -2.38. The molecule has 0 aliphatic carbocycles. The van der Waals surface area contributed by atoms with Crippen LogP contribution in [0.15, 0.2) is 23.8 Å². The van der Waals surface area contributed by atoms with Gasteiger partial charge in [-0.05, 0) is 25.3 Å². The van der Waals surface area contributed by atoms with E-state index in [9.17, 15) is 4.79 Å². The number of nitrogen functional groups attached to an aromatic ring is 1. The molecule has 0 bridgehead atoms. The zero-order valence-corrected chi connectivity index (χ0v) is 11.8. The van der Waals surface area contributed by atoms with Crippen LogP contribution in [0.5, 0.6) is 0 Å². The van der Waals surface area contributed by atoms with E-state index < -0.39 is 0 Å². The second-order valence-electron chi connectivity index (χ2n) is 4.50. The van der Waals surface area contributed by atoms with Crippen LogP contribution in [-0.4, -0.2) is 31.6 Å². The Morgan fingerprint density at radius 3 is 2.89 bits per heavy atom. The molecule has 19 heavy (non-hydrogen) atoms. The Morgan fingerprint density at radius 1 is 1.58 bits per heavy atom. The number of carbonyl (C=O) groups is 1. The number of amides is 1. The predicted octanol–water partition coefficient (Wildman–Crippen LogP) is 1.36. The quantitative estimate of drug-likeness (QED) is 0.896. The van der Waals surface area contributed by atoms with E-state index in [0.717, 1.165) is 0 Å². The molecule has 102 valence electrons. The van der Waals surface area contributed by atoms with Gasteiger partial charge in [-0.2, -0.15) is 0 Å². The monoisotopic (exact) mass is 279 g/mol. The second kappa shape index (κ2) is 5.83. The maximum Gasteiger partial charge on any atom is 0.244 e. The lowest BCUT2D eigenvalue weighted by atomic mass is 10.3. The highest BCUT2D eigenvalue weighted by Gasteiger charge is 2.18. The summed E-state index contributed by atoms with van der Waals surface area (Å²) in [6, 6.07) is 4.15. The van der Waals surface area contributed by atoms with E-state index in [2.05, 4.69) is 10.1 Å². The summed E-state index contributed by atoms with van der Waals surface area (Å²) in [6.45, 7) is 4.79. The van der Waals surface area contributed by atoms with Gasteiger partial charge in [0.25, 0.3) is 0 Å². The number of thiophene rings is 1. The van der Waals surface area contributed by atoms with Crippen LogP contribution < -0.4 is 5.73 Å². The molecular formula is C12H17N5OS. The van der Waals surface area contributed by atoms with Crippen LogP contribution in [0.4, 0.5) is 5.95 Å². The van der Waals surface area contributed by atoms with Crippen molar-refractivity contribution in [3.8, 4) is 0 Å². The van der Waals surface area contributed by atoms with Gasteiger partial charge in [0.2, 0.25) is 11.9 Å². The molecule has 0 unspecified atom stereocenters. The molecule has 2 rings (SSSR count). The number of rotatable bonds is 5. The molecule has 2 heterocycles. The Balaban J connectivity index is 2.04. The van der Waals surface area contributed by atoms with Crippen molar-refractivity contribution in [3.63, 3.8) is 0 Å². The molecule has 0 radical (unpaired) electrons. The van der Waals surface area contributed by atoms with Crippen LogP contribution in [0.2, 0.25) is 0 Å². The van der Waals surface area contributed by atoms with Crippen molar-refractivity contribution in [3.05, 3.63) is 28.7 Å². The third-order valence-corrected chi connectivity index (χ3v) is 3.56. The average molecular weight is 279 g/mol. The van der Waals surface area contributed by atoms with Gasteiger partial charge in [0.1, 0.15) is 12.9 Å². The van der Waals surface area contributed by atoms with Crippen LogP contribution in [0.25, 0.3) is 0 Å². The summed E-state index contributed by atoms with van der Waals surface area (Å²) < 4.78 is 1.46. The fraction of sp³-hybridized carbons (Fsp3) is 0.417. The van der Waals surface area contributed by atoms with Crippen molar-refractivity contribution in [2.75, 3.05) is 5.73 Å². The summed E-state index contributed by atoms with van der Waals surface area (Å²) in [4.78, 5) is 19.1. The summed E-state index contributed by atoms with van der Waals surface area (Å²) in [5.41, 5.74) is 5.43. The Bertz CT molecular complexity index is 534. The van der Waals surface area contributed by atoms with Gasteiger partial charge in [0.05, 0.1) is 6.54 Å². The van der Waals surface area contributed by atoms with E-state index >= 15 is 0 Å². The van der Waals surface area contributed by atoms with Gasteiger partial charge >= 0.3 is 0 Å². The fourth-order valence-corrected chi connectivity index (χ4v) is 2.45. The molecule has 2 aromatic rings. The van der Waals surface area contributed by atoms with Crippen molar-refractivity contribution in [1.82, 2.24) is 19.7 Å². The zero-order valence-electron chi connectivity index (χ0n) is 11.0. The molecule has 1 amide bonds. The molecule has 7 heteroatoms. The number of nitrogens with two attached hydrogens (primary N) is 1. The minimum Gasteiger partial charge on any atom is -0.367 e. The highest BCUT2D eigenvalue weighted by Crippen LogP contribution is 2.14. The molecule has 0 aliphatic rings. The summed E-state index contributed by atoms with van der Waals surface area (Å²) in [6.07, 6.45) is 1.47. The highest BCUT2D eigenvalue weighted by molar-refractivity contribution is 7.09. The maximum atomic E-state index is 12.3. The SMILES string of the molecule is CC(C)N(Cc1cccs1)C(=O)Cn1cnc(N)n1. The molecule has 0 aliphatic heterocycles. The van der Waals surface area contributed by atoms with Crippen LogP contribution in [0.1, 0.15) is 18.7 Å². The molecule has 0 aromatic carbocycles. The number of nitrogens with zero attached hydrogens (tertiary/aromatic N) is 4. The number of hydrogen-bond acceptors (Lipinski definition) is 5. The minimum absolute atomic E-state index is 0.00769. The minimum atomic E-state index is 0.00769. The van der Waals surface area contributed by atoms with E-state index in [-0.39, 0.29) is 24.4 Å². The summed E-state index contributed by atoms with van der Waals surface area (Å²) >= 11 is 1.65. The first-order valence-corrected chi connectivity index (χ1v) is 6.91. The van der Waals surface area contributed by atoms with Gasteiger partial charge in [-0.3, -0.25) is 4.79 Å². The Labute approximate surface area is 115 Å². The molecule has 6 nitrogen and oxygen atoms in total. The van der Waals surface area contributed by atoms with Crippen molar-refractivity contribution >= 4 is 23.2 Å². The van der Waals surface area contributed by atoms with Gasteiger partial charge < -0.3 is 10.6 Å². The zero-order chi connectivity index (χ0) is 13.8. The Kier molecular flexibility index (Phi) is 4.16. The van der Waals surface area contributed by atoms with E-state index in [1.807, 2.05) is 36.3 Å². The van der Waals surface area contributed by atoms with Crippen molar-refractivity contribution in [1.29, 1.82) is 0 Å². The molecule has 0 saturated heterocycles. The van der Waals surface area contributed by atoms with Crippen molar-refractivity contribution < 1.29 is 4.79 Å². The van der Waals surface area contributed by atoms with E-state index in [0.29, 0.717) is 6.54 Å². The molecular weight excluding hydrogens is 262 g/mol. The number of hydrogen-bond donors (Lipinski definition) is 1. The van der Waals surface area contributed by atoms with Crippen LogP contribution in [0.3, 0.4) is 0 Å². The summed E-state index contributed by atoms with van der Waals surface area (Å²) in [5.74, 6) is 0.190. The summed E-state index contributed by atoms with van der Waals surface area (Å²) in [7, 11) is 0. The van der Waals surface area contributed by atoms with Gasteiger partial charge in [0, 0.05) is 10.9 Å². The third-order valence-electron chi connectivity index (χ3n) is 2.70. The van der Waals surface area contributed by atoms with Gasteiger partial charge in [-0.1, -0.05) is 6.07 Å². The lowest BCUT2D eigenvalue weighted by Gasteiger charge is -2.26. The van der Waals surface area contributed by atoms with Crippen LogP contribution >= 0.6 is 11.3 Å². The molecule has 0 fully saturated rings. The molecule has 2 aromatic heterocycles. The van der Waals surface area contributed by atoms with E-state index in [1.165, 1.54) is 15.9 Å². The van der Waals surface area contributed by atoms with Crippen LogP contribution in [0, 0.1) is 0 Å². The first kappa shape index (κ1) is 13.5. The van der Waals surface area contributed by atoms with Crippen molar-refractivity contribution in [2.24, 2.45) is 0 Å². The smallest absolute Gasteiger partial charge is 0.244 e. The normalized spacial score (nSPS) is 10.9. The number of carbonyl (C=O) groups excluding carboxylic acids is 1. The number of anilines is 1. The largest absolute Gasteiger partial charge is 0.367 e. The first-order chi connectivity index (χ1) is 9.06. The van der Waals surface area contributed by atoms with Gasteiger partial charge in [-0.15, -0.1) is 16.4 Å².